The van der Waals surface area contributed by atoms with Crippen LogP contribution in [-0.2, 0) is 0 Å². The van der Waals surface area contributed by atoms with Crippen LogP contribution >= 0.6 is 15.9 Å². The number of benzene rings is 1. The third-order valence-electron chi connectivity index (χ3n) is 2.70. The predicted octanol–water partition coefficient (Wildman–Crippen LogP) is 3.12. The summed E-state index contributed by atoms with van der Waals surface area (Å²) in [6.07, 6.45) is 1.87. The first kappa shape index (κ1) is 11.4. The summed E-state index contributed by atoms with van der Waals surface area (Å²) in [6.45, 7) is 2.12. The molecule has 2 N–H and O–H groups in total. The summed E-state index contributed by atoms with van der Waals surface area (Å²) in [5.74, 6) is 0. The highest BCUT2D eigenvalue weighted by atomic mass is 79.9. The van der Waals surface area contributed by atoms with Gasteiger partial charge < -0.3 is 5.32 Å². The van der Waals surface area contributed by atoms with Crippen molar-refractivity contribution >= 4 is 15.9 Å². The van der Waals surface area contributed by atoms with Crippen molar-refractivity contribution in [1.82, 2.24) is 15.5 Å². The van der Waals surface area contributed by atoms with Gasteiger partial charge in [0.15, 0.2) is 0 Å². The summed E-state index contributed by atoms with van der Waals surface area (Å²) >= 11 is 3.43. The monoisotopic (exact) mass is 279 g/mol. The largest absolute Gasteiger partial charge is 0.313 e. The van der Waals surface area contributed by atoms with Crippen LogP contribution in [0.3, 0.4) is 0 Å². The van der Waals surface area contributed by atoms with E-state index >= 15 is 0 Å². The van der Waals surface area contributed by atoms with Crippen molar-refractivity contribution in [2.45, 2.75) is 13.0 Å². The number of nitrogens with one attached hydrogen (secondary N) is 2. The van der Waals surface area contributed by atoms with Crippen molar-refractivity contribution in [3.8, 4) is 11.3 Å². The van der Waals surface area contributed by atoms with Gasteiger partial charge in [-0.15, -0.1) is 0 Å². The Morgan fingerprint density at radius 3 is 2.62 bits per heavy atom. The zero-order valence-electron chi connectivity index (χ0n) is 9.29. The Morgan fingerprint density at radius 2 is 2.00 bits per heavy atom. The van der Waals surface area contributed by atoms with Crippen molar-refractivity contribution in [1.29, 1.82) is 0 Å². The lowest BCUT2D eigenvalue weighted by molar-refractivity contribution is 0.654. The summed E-state index contributed by atoms with van der Waals surface area (Å²) in [6, 6.07) is 8.50. The van der Waals surface area contributed by atoms with Gasteiger partial charge in [0.25, 0.3) is 0 Å². The van der Waals surface area contributed by atoms with Gasteiger partial charge in [0.05, 0.1) is 11.9 Å². The first-order chi connectivity index (χ1) is 7.72. The molecule has 1 aromatic heterocycles. The molecule has 0 aliphatic heterocycles. The zero-order valence-corrected chi connectivity index (χ0v) is 10.9. The lowest BCUT2D eigenvalue weighted by Gasteiger charge is -2.10. The Hall–Kier alpha value is -1.13. The van der Waals surface area contributed by atoms with Crippen molar-refractivity contribution in [2.24, 2.45) is 0 Å². The number of rotatable bonds is 3. The van der Waals surface area contributed by atoms with Gasteiger partial charge in [-0.25, -0.2) is 0 Å². The Bertz CT molecular complexity index is 461. The molecular formula is C12H14BrN3. The van der Waals surface area contributed by atoms with Crippen LogP contribution in [0.25, 0.3) is 11.3 Å². The Labute approximate surface area is 103 Å². The fraction of sp³-hybridized carbons (Fsp3) is 0.250. The lowest BCUT2D eigenvalue weighted by atomic mass is 10.0. The van der Waals surface area contributed by atoms with Gasteiger partial charge in [-0.1, -0.05) is 28.1 Å². The molecule has 1 heterocycles. The van der Waals surface area contributed by atoms with E-state index in [9.17, 15) is 0 Å². The number of halogens is 1. The quantitative estimate of drug-likeness (QED) is 0.907. The molecule has 3 nitrogen and oxygen atoms in total. The second kappa shape index (κ2) is 4.80. The summed E-state index contributed by atoms with van der Waals surface area (Å²) in [4.78, 5) is 0. The molecule has 84 valence electrons. The van der Waals surface area contributed by atoms with Crippen LogP contribution in [-0.4, -0.2) is 17.2 Å². The number of hydrogen-bond acceptors (Lipinski definition) is 2. The van der Waals surface area contributed by atoms with E-state index in [1.54, 1.807) is 0 Å². The molecule has 0 amide bonds. The molecule has 0 radical (unpaired) electrons. The molecule has 0 spiro atoms. The van der Waals surface area contributed by atoms with E-state index in [1.807, 2.05) is 25.4 Å². The molecule has 2 rings (SSSR count). The first-order valence-corrected chi connectivity index (χ1v) is 5.98. The maximum atomic E-state index is 4.11. The highest BCUT2D eigenvalue weighted by molar-refractivity contribution is 9.10. The number of hydrogen-bond donors (Lipinski definition) is 2. The molecular weight excluding hydrogens is 266 g/mol. The molecule has 0 fully saturated rings. The second-order valence-electron chi connectivity index (χ2n) is 3.72. The molecule has 16 heavy (non-hydrogen) atoms. The molecule has 1 atom stereocenters. The number of H-pyrrole nitrogens is 1. The third kappa shape index (κ3) is 2.18. The SMILES string of the molecule is CNC(C)c1cn[nH]c1-c1ccc(Br)cc1. The Balaban J connectivity index is 2.40. The van der Waals surface area contributed by atoms with E-state index < -0.39 is 0 Å². The van der Waals surface area contributed by atoms with Crippen LogP contribution in [0.15, 0.2) is 34.9 Å². The van der Waals surface area contributed by atoms with Crippen LogP contribution in [0, 0.1) is 0 Å². The molecule has 1 unspecified atom stereocenters. The van der Waals surface area contributed by atoms with Crippen LogP contribution in [0.2, 0.25) is 0 Å². The van der Waals surface area contributed by atoms with E-state index in [0.29, 0.717) is 0 Å². The van der Waals surface area contributed by atoms with E-state index in [4.69, 9.17) is 0 Å². The van der Waals surface area contributed by atoms with Crippen molar-refractivity contribution in [3.63, 3.8) is 0 Å². The number of nitrogens with zero attached hydrogens (tertiary/aromatic N) is 1. The van der Waals surface area contributed by atoms with Crippen LogP contribution in [0.1, 0.15) is 18.5 Å². The normalized spacial score (nSPS) is 12.7. The summed E-state index contributed by atoms with van der Waals surface area (Å²) in [7, 11) is 1.95. The standard InChI is InChI=1S/C12H14BrN3/c1-8(14-2)11-7-15-16-12(11)9-3-5-10(13)6-4-9/h3-8,14H,1-2H3,(H,15,16). The van der Waals surface area contributed by atoms with Crippen molar-refractivity contribution in [2.75, 3.05) is 7.05 Å². The number of aromatic amines is 1. The summed E-state index contributed by atoms with van der Waals surface area (Å²) in [5, 5.41) is 10.4. The molecule has 2 aromatic rings. The molecule has 0 saturated heterocycles. The minimum absolute atomic E-state index is 0.289. The topological polar surface area (TPSA) is 40.7 Å². The fourth-order valence-corrected chi connectivity index (χ4v) is 1.89. The zero-order chi connectivity index (χ0) is 11.5. The van der Waals surface area contributed by atoms with E-state index in [0.717, 1.165) is 15.7 Å². The average molecular weight is 280 g/mol. The lowest BCUT2D eigenvalue weighted by Crippen LogP contribution is -2.12. The molecule has 4 heteroatoms. The molecule has 0 saturated carbocycles. The van der Waals surface area contributed by atoms with E-state index in [2.05, 4.69) is 50.5 Å². The Kier molecular flexibility index (Phi) is 3.41. The highest BCUT2D eigenvalue weighted by Crippen LogP contribution is 2.26. The van der Waals surface area contributed by atoms with Gasteiger partial charge in [-0.2, -0.15) is 5.10 Å². The maximum Gasteiger partial charge on any atom is 0.0697 e. The van der Waals surface area contributed by atoms with Gasteiger partial charge in [0, 0.05) is 16.1 Å². The van der Waals surface area contributed by atoms with Crippen LogP contribution in [0.4, 0.5) is 0 Å². The second-order valence-corrected chi connectivity index (χ2v) is 4.63. The third-order valence-corrected chi connectivity index (χ3v) is 3.23. The van der Waals surface area contributed by atoms with Crippen molar-refractivity contribution < 1.29 is 0 Å². The summed E-state index contributed by atoms with van der Waals surface area (Å²) in [5.41, 5.74) is 3.41. The van der Waals surface area contributed by atoms with E-state index in [-0.39, 0.29) is 6.04 Å². The van der Waals surface area contributed by atoms with Crippen molar-refractivity contribution in [3.05, 3.63) is 40.5 Å². The smallest absolute Gasteiger partial charge is 0.0697 e. The Morgan fingerprint density at radius 1 is 1.31 bits per heavy atom. The maximum absolute atomic E-state index is 4.11. The molecule has 0 aliphatic carbocycles. The van der Waals surface area contributed by atoms with E-state index in [1.165, 1.54) is 5.56 Å². The summed E-state index contributed by atoms with van der Waals surface area (Å²) < 4.78 is 1.08. The molecule has 1 aromatic carbocycles. The highest BCUT2D eigenvalue weighted by Gasteiger charge is 2.12. The minimum Gasteiger partial charge on any atom is -0.313 e. The number of aromatic nitrogens is 2. The van der Waals surface area contributed by atoms with Crippen LogP contribution < -0.4 is 5.32 Å². The molecule has 0 aliphatic rings. The predicted molar refractivity (Wildman–Crippen MR) is 69.2 cm³/mol. The van der Waals surface area contributed by atoms with Gasteiger partial charge in [0.1, 0.15) is 0 Å². The average Bonchev–Trinajstić information content (AvgIpc) is 2.78. The van der Waals surface area contributed by atoms with Gasteiger partial charge >= 0.3 is 0 Å². The fourth-order valence-electron chi connectivity index (χ4n) is 1.63. The minimum atomic E-state index is 0.289. The van der Waals surface area contributed by atoms with Gasteiger partial charge in [-0.05, 0) is 31.7 Å². The van der Waals surface area contributed by atoms with Gasteiger partial charge in [-0.3, -0.25) is 5.10 Å². The molecule has 0 bridgehead atoms. The van der Waals surface area contributed by atoms with Gasteiger partial charge in [0.2, 0.25) is 0 Å². The first-order valence-electron chi connectivity index (χ1n) is 5.19. The van der Waals surface area contributed by atoms with Crippen LogP contribution in [0.5, 0.6) is 0 Å².